The van der Waals surface area contributed by atoms with Crippen LogP contribution in [0.25, 0.3) is 0 Å². The Morgan fingerprint density at radius 1 is 1.27 bits per heavy atom. The molecule has 1 amide bonds. The molecule has 1 aliphatic rings. The first-order valence-corrected chi connectivity index (χ1v) is 7.69. The van der Waals surface area contributed by atoms with Gasteiger partial charge in [-0.3, -0.25) is 9.69 Å². The Morgan fingerprint density at radius 3 is 2.64 bits per heavy atom. The van der Waals surface area contributed by atoms with Crippen LogP contribution in [0.2, 0.25) is 0 Å². The Kier molecular flexibility index (Phi) is 4.24. The van der Waals surface area contributed by atoms with E-state index in [0.29, 0.717) is 5.69 Å². The minimum atomic E-state index is -0.228. The molecule has 2 aromatic rings. The summed E-state index contributed by atoms with van der Waals surface area (Å²) < 4.78 is 5.29. The van der Waals surface area contributed by atoms with Gasteiger partial charge in [-0.05, 0) is 50.9 Å². The molecule has 1 saturated heterocycles. The number of para-hydroxylation sites is 1. The smallest absolute Gasteiger partial charge is 0.277 e. The zero-order valence-electron chi connectivity index (χ0n) is 13.1. The van der Waals surface area contributed by atoms with Crippen molar-refractivity contribution in [2.45, 2.75) is 33.2 Å². The average Bonchev–Trinajstić information content (AvgIpc) is 3.15. The number of amides is 1. The molecule has 0 radical (unpaired) electrons. The average molecular weight is 299 g/mol. The van der Waals surface area contributed by atoms with Crippen LogP contribution in [0.5, 0.6) is 0 Å². The van der Waals surface area contributed by atoms with Crippen molar-refractivity contribution >= 4 is 11.6 Å². The van der Waals surface area contributed by atoms with Gasteiger partial charge in [-0.2, -0.15) is 0 Å². The van der Waals surface area contributed by atoms with Crippen LogP contribution in [0.15, 0.2) is 28.8 Å². The first-order valence-electron chi connectivity index (χ1n) is 7.69. The highest BCUT2D eigenvalue weighted by atomic mass is 16.5. The molecule has 5 nitrogen and oxygen atoms in total. The van der Waals surface area contributed by atoms with Crippen molar-refractivity contribution in [2.75, 3.05) is 18.4 Å². The topological polar surface area (TPSA) is 58.4 Å². The molecule has 1 aliphatic heterocycles. The summed E-state index contributed by atoms with van der Waals surface area (Å²) in [7, 11) is 0. The van der Waals surface area contributed by atoms with Gasteiger partial charge in [-0.25, -0.2) is 0 Å². The summed E-state index contributed by atoms with van der Waals surface area (Å²) >= 11 is 0. The van der Waals surface area contributed by atoms with E-state index in [-0.39, 0.29) is 5.91 Å². The fourth-order valence-corrected chi connectivity index (χ4v) is 2.84. The summed E-state index contributed by atoms with van der Waals surface area (Å²) in [6.07, 6.45) is 2.46. The Balaban J connectivity index is 1.69. The second kappa shape index (κ2) is 6.32. The molecule has 1 N–H and O–H groups in total. The van der Waals surface area contributed by atoms with Crippen molar-refractivity contribution in [3.8, 4) is 0 Å². The fraction of sp³-hybridized carbons (Fsp3) is 0.412. The molecule has 0 aliphatic carbocycles. The number of nitrogens with one attached hydrogen (secondary N) is 1. The van der Waals surface area contributed by atoms with Gasteiger partial charge < -0.3 is 9.84 Å². The number of aryl methyl sites for hydroxylation is 2. The number of nitrogens with zero attached hydrogens (tertiary/aromatic N) is 2. The van der Waals surface area contributed by atoms with E-state index in [9.17, 15) is 4.79 Å². The molecular weight excluding hydrogens is 278 g/mol. The van der Waals surface area contributed by atoms with Crippen LogP contribution in [-0.4, -0.2) is 29.1 Å². The molecule has 22 heavy (non-hydrogen) atoms. The second-order valence-electron chi connectivity index (χ2n) is 5.88. The van der Waals surface area contributed by atoms with E-state index in [2.05, 4.69) is 15.4 Å². The third-order valence-electron chi connectivity index (χ3n) is 4.09. The molecule has 1 aromatic heterocycles. The predicted octanol–water partition coefficient (Wildman–Crippen LogP) is 3.14. The fourth-order valence-electron chi connectivity index (χ4n) is 2.84. The highest BCUT2D eigenvalue weighted by Crippen LogP contribution is 2.20. The summed E-state index contributed by atoms with van der Waals surface area (Å²) in [5, 5.41) is 6.83. The lowest BCUT2D eigenvalue weighted by Crippen LogP contribution is -2.18. The number of likely N-dealkylation sites (tertiary alicyclic amines) is 1. The van der Waals surface area contributed by atoms with Gasteiger partial charge in [0.25, 0.3) is 5.91 Å². The molecule has 1 aromatic carbocycles. The molecule has 116 valence electrons. The highest BCUT2D eigenvalue weighted by molar-refractivity contribution is 6.03. The van der Waals surface area contributed by atoms with E-state index in [1.54, 1.807) is 6.07 Å². The number of carbonyl (C=O) groups is 1. The van der Waals surface area contributed by atoms with Gasteiger partial charge in [0.05, 0.1) is 6.54 Å². The largest absolute Gasteiger partial charge is 0.359 e. The van der Waals surface area contributed by atoms with Crippen LogP contribution in [0.4, 0.5) is 5.69 Å². The minimum Gasteiger partial charge on any atom is -0.359 e. The molecule has 3 rings (SSSR count). The van der Waals surface area contributed by atoms with E-state index in [1.165, 1.54) is 12.8 Å². The minimum absolute atomic E-state index is 0.228. The summed E-state index contributed by atoms with van der Waals surface area (Å²) in [6.45, 7) is 6.85. The maximum absolute atomic E-state index is 12.3. The monoisotopic (exact) mass is 299 g/mol. The number of rotatable bonds is 4. The van der Waals surface area contributed by atoms with Crippen molar-refractivity contribution in [2.24, 2.45) is 0 Å². The zero-order chi connectivity index (χ0) is 15.5. The Labute approximate surface area is 130 Å². The van der Waals surface area contributed by atoms with Crippen molar-refractivity contribution in [3.05, 3.63) is 46.8 Å². The standard InChI is InChI=1S/C17H21N3O2/c1-12-6-5-7-13(2)16(12)18-17(21)15-10-14(22-19-15)11-20-8-3-4-9-20/h5-7,10H,3-4,8-9,11H2,1-2H3,(H,18,21). The van der Waals surface area contributed by atoms with Crippen LogP contribution in [-0.2, 0) is 6.54 Å². The lowest BCUT2D eigenvalue weighted by Gasteiger charge is -2.11. The Morgan fingerprint density at radius 2 is 1.95 bits per heavy atom. The number of carbonyl (C=O) groups excluding carboxylic acids is 1. The Hall–Kier alpha value is -2.14. The number of hydrogen-bond donors (Lipinski definition) is 1. The molecule has 0 atom stereocenters. The molecule has 0 spiro atoms. The van der Waals surface area contributed by atoms with E-state index in [1.807, 2.05) is 32.0 Å². The summed E-state index contributed by atoms with van der Waals surface area (Å²) in [4.78, 5) is 14.6. The normalized spacial score (nSPS) is 15.2. The lowest BCUT2D eigenvalue weighted by atomic mass is 10.1. The SMILES string of the molecule is Cc1cccc(C)c1NC(=O)c1cc(CN2CCCC2)on1. The lowest BCUT2D eigenvalue weighted by molar-refractivity contribution is 0.101. The van der Waals surface area contributed by atoms with Crippen molar-refractivity contribution in [1.82, 2.24) is 10.1 Å². The first kappa shape index (κ1) is 14.8. The second-order valence-corrected chi connectivity index (χ2v) is 5.88. The molecule has 0 saturated carbocycles. The van der Waals surface area contributed by atoms with Crippen LogP contribution >= 0.6 is 0 Å². The van der Waals surface area contributed by atoms with Gasteiger partial charge in [0.1, 0.15) is 0 Å². The number of hydrogen-bond acceptors (Lipinski definition) is 4. The molecule has 2 heterocycles. The van der Waals surface area contributed by atoms with Crippen molar-refractivity contribution < 1.29 is 9.32 Å². The number of aromatic nitrogens is 1. The maximum atomic E-state index is 12.3. The molecule has 1 fully saturated rings. The van der Waals surface area contributed by atoms with Crippen molar-refractivity contribution in [3.63, 3.8) is 0 Å². The Bertz CT molecular complexity index is 652. The maximum Gasteiger partial charge on any atom is 0.277 e. The van der Waals surface area contributed by atoms with E-state index in [0.717, 1.165) is 42.2 Å². The van der Waals surface area contributed by atoms with Gasteiger partial charge in [0.15, 0.2) is 11.5 Å². The van der Waals surface area contributed by atoms with Crippen LogP contribution in [0.3, 0.4) is 0 Å². The van der Waals surface area contributed by atoms with E-state index in [4.69, 9.17) is 4.52 Å². The van der Waals surface area contributed by atoms with E-state index < -0.39 is 0 Å². The summed E-state index contributed by atoms with van der Waals surface area (Å²) in [5.41, 5.74) is 3.25. The third kappa shape index (κ3) is 3.20. The molecule has 5 heteroatoms. The highest BCUT2D eigenvalue weighted by Gasteiger charge is 2.18. The van der Waals surface area contributed by atoms with Gasteiger partial charge >= 0.3 is 0 Å². The van der Waals surface area contributed by atoms with Gasteiger partial charge in [-0.1, -0.05) is 23.4 Å². The summed E-state index contributed by atoms with van der Waals surface area (Å²) in [5.74, 6) is 0.516. The zero-order valence-corrected chi connectivity index (χ0v) is 13.1. The van der Waals surface area contributed by atoms with Gasteiger partial charge in [0, 0.05) is 11.8 Å². The third-order valence-corrected chi connectivity index (χ3v) is 4.09. The summed E-state index contributed by atoms with van der Waals surface area (Å²) in [6, 6.07) is 7.67. The quantitative estimate of drug-likeness (QED) is 0.942. The van der Waals surface area contributed by atoms with E-state index >= 15 is 0 Å². The molecular formula is C17H21N3O2. The molecule has 0 unspecified atom stereocenters. The predicted molar refractivity (Wildman–Crippen MR) is 84.9 cm³/mol. The van der Waals surface area contributed by atoms with Crippen LogP contribution in [0, 0.1) is 13.8 Å². The first-order chi connectivity index (χ1) is 10.6. The van der Waals surface area contributed by atoms with Crippen molar-refractivity contribution in [1.29, 1.82) is 0 Å². The number of benzene rings is 1. The molecule has 0 bridgehead atoms. The van der Waals surface area contributed by atoms with Crippen LogP contribution in [0.1, 0.15) is 40.2 Å². The van der Waals surface area contributed by atoms with Gasteiger partial charge in [0.2, 0.25) is 0 Å². The van der Waals surface area contributed by atoms with Crippen LogP contribution < -0.4 is 5.32 Å². The number of anilines is 1. The van der Waals surface area contributed by atoms with Gasteiger partial charge in [-0.15, -0.1) is 0 Å².